The van der Waals surface area contributed by atoms with Crippen molar-refractivity contribution in [3.8, 4) is 5.75 Å². The molecule has 0 radical (unpaired) electrons. The number of halogens is 4. The molecule has 0 spiro atoms. The summed E-state index contributed by atoms with van der Waals surface area (Å²) in [6.07, 6.45) is -3.90. The molecule has 0 unspecified atom stereocenters. The van der Waals surface area contributed by atoms with Crippen molar-refractivity contribution in [2.75, 3.05) is 0 Å². The van der Waals surface area contributed by atoms with Crippen LogP contribution >= 0.6 is 11.6 Å². The Hall–Kier alpha value is -2.13. The summed E-state index contributed by atoms with van der Waals surface area (Å²) >= 11 is 5.58. The topological polar surface area (TPSA) is 73.3 Å². The highest BCUT2D eigenvalue weighted by Crippen LogP contribution is 2.31. The van der Waals surface area contributed by atoms with Crippen LogP contribution < -0.4 is 4.18 Å². The number of hydrogen-bond acceptors (Lipinski definition) is 5. The van der Waals surface area contributed by atoms with Crippen molar-refractivity contribution in [3.05, 3.63) is 52.8 Å². The third-order valence-corrected chi connectivity index (χ3v) is 4.95. The molecule has 0 amide bonds. The molecule has 10 heteroatoms. The number of benzene rings is 1. The molecule has 0 bridgehead atoms. The smallest absolute Gasteiger partial charge is 0.379 e. The molecule has 5 nitrogen and oxygen atoms in total. The predicted molar refractivity (Wildman–Crippen MR) is 87.5 cm³/mol. The first-order valence-corrected chi connectivity index (χ1v) is 9.04. The van der Waals surface area contributed by atoms with E-state index in [0.717, 1.165) is 5.56 Å². The van der Waals surface area contributed by atoms with E-state index < -0.39 is 32.0 Å². The van der Waals surface area contributed by atoms with Crippen LogP contribution in [-0.4, -0.2) is 19.2 Å². The molecule has 0 aliphatic heterocycles. The molecule has 0 saturated heterocycles. The molecule has 26 heavy (non-hydrogen) atoms. The molecule has 0 atom stereocenters. The number of nitrogens with zero attached hydrogens (tertiary/aromatic N) is 1. The van der Waals surface area contributed by atoms with Crippen molar-refractivity contribution in [1.29, 1.82) is 0 Å². The van der Waals surface area contributed by atoms with Gasteiger partial charge in [-0.1, -0.05) is 23.7 Å². The van der Waals surface area contributed by atoms with Crippen molar-refractivity contribution in [2.24, 2.45) is 0 Å². The zero-order valence-corrected chi connectivity index (χ0v) is 15.0. The van der Waals surface area contributed by atoms with E-state index in [9.17, 15) is 26.4 Å². The number of aryl methyl sites for hydroxylation is 1. The largest absolute Gasteiger partial charge is 0.433 e. The lowest BCUT2D eigenvalue weighted by Crippen LogP contribution is -2.14. The van der Waals surface area contributed by atoms with E-state index in [0.29, 0.717) is 25.0 Å². The zero-order valence-electron chi connectivity index (χ0n) is 13.4. The lowest BCUT2D eigenvalue weighted by atomic mass is 10.1. The van der Waals surface area contributed by atoms with Gasteiger partial charge in [0.05, 0.1) is 0 Å². The molecule has 0 fully saturated rings. The van der Waals surface area contributed by atoms with E-state index in [1.54, 1.807) is 12.1 Å². The van der Waals surface area contributed by atoms with Gasteiger partial charge in [0.2, 0.25) is 0 Å². The van der Waals surface area contributed by atoms with E-state index in [-0.39, 0.29) is 11.5 Å². The summed E-state index contributed by atoms with van der Waals surface area (Å²) in [7, 11) is -4.46. The minimum atomic E-state index is -4.75. The lowest BCUT2D eigenvalue weighted by Gasteiger charge is -2.11. The molecular weight excluding hydrogens is 395 g/mol. The molecule has 0 aliphatic carbocycles. The highest BCUT2D eigenvalue weighted by Gasteiger charge is 2.34. The molecule has 2 aromatic rings. The van der Waals surface area contributed by atoms with Gasteiger partial charge in [0.1, 0.15) is 22.1 Å². The average Bonchev–Trinajstić information content (AvgIpc) is 2.52. The van der Waals surface area contributed by atoms with Crippen molar-refractivity contribution in [1.82, 2.24) is 4.98 Å². The van der Waals surface area contributed by atoms with E-state index in [4.69, 9.17) is 15.8 Å². The Kier molecular flexibility index (Phi) is 5.92. The van der Waals surface area contributed by atoms with Gasteiger partial charge < -0.3 is 8.98 Å². The van der Waals surface area contributed by atoms with Gasteiger partial charge in [-0.2, -0.15) is 21.6 Å². The number of rotatable bonds is 6. The molecule has 140 valence electrons. The lowest BCUT2D eigenvalue weighted by molar-refractivity contribution is -0.141. The third kappa shape index (κ3) is 5.18. The number of alkyl halides is 3. The quantitative estimate of drug-likeness (QED) is 0.533. The van der Waals surface area contributed by atoms with E-state index in [2.05, 4.69) is 4.98 Å². The number of carbonyl (C=O) groups is 1. The Labute approximate surface area is 152 Å². The number of ketones is 1. The molecule has 1 heterocycles. The standard InChI is InChI=1S/C16H13ClF3NO4S/c1-10(22)2-3-11-4-6-12(7-5-11)25-26(23,24)13-8-9-14(16(18,19)20)21-15(13)17/h4-9H,2-3H2,1H3. The average molecular weight is 408 g/mol. The van der Waals surface area contributed by atoms with Gasteiger partial charge in [0.25, 0.3) is 0 Å². The van der Waals surface area contributed by atoms with E-state index in [1.807, 2.05) is 0 Å². The van der Waals surface area contributed by atoms with Crippen LogP contribution in [-0.2, 0) is 27.5 Å². The van der Waals surface area contributed by atoms with Gasteiger partial charge in [-0.25, -0.2) is 4.98 Å². The first-order valence-electron chi connectivity index (χ1n) is 7.25. The first-order chi connectivity index (χ1) is 12.0. The van der Waals surface area contributed by atoms with Crippen LogP contribution in [0.25, 0.3) is 0 Å². The highest BCUT2D eigenvalue weighted by atomic mass is 35.5. The number of carbonyl (C=O) groups excluding carboxylic acids is 1. The molecule has 1 aromatic heterocycles. The summed E-state index contributed by atoms with van der Waals surface area (Å²) in [6, 6.07) is 7.11. The fourth-order valence-corrected chi connectivity index (χ4v) is 3.35. The fourth-order valence-electron chi connectivity index (χ4n) is 1.97. The summed E-state index contributed by atoms with van der Waals surface area (Å²) in [4.78, 5) is 13.3. The van der Waals surface area contributed by atoms with Gasteiger partial charge >= 0.3 is 16.3 Å². The van der Waals surface area contributed by atoms with Crippen LogP contribution in [0.3, 0.4) is 0 Å². The minimum absolute atomic E-state index is 0.0253. The molecule has 2 rings (SSSR count). The minimum Gasteiger partial charge on any atom is -0.379 e. The number of hydrogen-bond donors (Lipinski definition) is 0. The van der Waals surface area contributed by atoms with Crippen molar-refractivity contribution >= 4 is 27.5 Å². The molecule has 1 aromatic carbocycles. The van der Waals surface area contributed by atoms with Crippen LogP contribution in [0, 0.1) is 0 Å². The van der Waals surface area contributed by atoms with E-state index >= 15 is 0 Å². The monoisotopic (exact) mass is 407 g/mol. The maximum absolute atomic E-state index is 12.6. The van der Waals surface area contributed by atoms with Gasteiger partial charge in [-0.05, 0) is 43.2 Å². The summed E-state index contributed by atoms with van der Waals surface area (Å²) in [5.41, 5.74) is -0.504. The Morgan fingerprint density at radius 1 is 1.15 bits per heavy atom. The number of pyridine rings is 1. The molecule has 0 aliphatic rings. The maximum atomic E-state index is 12.6. The fraction of sp³-hybridized carbons (Fsp3) is 0.250. The Morgan fingerprint density at radius 3 is 2.27 bits per heavy atom. The molecular formula is C16H13ClF3NO4S. The van der Waals surface area contributed by atoms with Crippen molar-refractivity contribution in [3.63, 3.8) is 0 Å². The second-order valence-corrected chi connectivity index (χ2v) is 7.24. The summed E-state index contributed by atoms with van der Waals surface area (Å²) < 4.78 is 67.0. The van der Waals surface area contributed by atoms with Crippen LogP contribution in [0.4, 0.5) is 13.2 Å². The van der Waals surface area contributed by atoms with Gasteiger partial charge in [-0.3, -0.25) is 0 Å². The summed E-state index contributed by atoms with van der Waals surface area (Å²) in [6.45, 7) is 1.46. The SMILES string of the molecule is CC(=O)CCc1ccc(OS(=O)(=O)c2ccc(C(F)(F)F)nc2Cl)cc1. The Balaban J connectivity index is 2.19. The highest BCUT2D eigenvalue weighted by molar-refractivity contribution is 7.87. The zero-order chi connectivity index (χ0) is 19.5. The second-order valence-electron chi connectivity index (χ2n) is 5.37. The van der Waals surface area contributed by atoms with Crippen LogP contribution in [0.2, 0.25) is 5.15 Å². The van der Waals surface area contributed by atoms with E-state index in [1.165, 1.54) is 19.1 Å². The number of Topliss-reactive ketones (excluding diaryl/α,β-unsaturated/α-hetero) is 1. The Bertz CT molecular complexity index is 912. The van der Waals surface area contributed by atoms with Gasteiger partial charge in [0, 0.05) is 6.42 Å². The Morgan fingerprint density at radius 2 is 1.77 bits per heavy atom. The summed E-state index contributed by atoms with van der Waals surface area (Å²) in [5.74, 6) is -0.0233. The molecule has 0 saturated carbocycles. The normalized spacial score (nSPS) is 12.0. The molecule has 0 N–H and O–H groups in total. The second kappa shape index (κ2) is 7.63. The van der Waals surface area contributed by atoms with Crippen LogP contribution in [0.15, 0.2) is 41.3 Å². The van der Waals surface area contributed by atoms with Crippen molar-refractivity contribution < 1.29 is 30.6 Å². The van der Waals surface area contributed by atoms with Gasteiger partial charge in [0.15, 0.2) is 5.15 Å². The van der Waals surface area contributed by atoms with Crippen LogP contribution in [0.1, 0.15) is 24.6 Å². The maximum Gasteiger partial charge on any atom is 0.433 e. The number of aromatic nitrogens is 1. The van der Waals surface area contributed by atoms with Crippen LogP contribution in [0.5, 0.6) is 5.75 Å². The third-order valence-electron chi connectivity index (χ3n) is 3.27. The van der Waals surface area contributed by atoms with Crippen molar-refractivity contribution in [2.45, 2.75) is 30.8 Å². The first kappa shape index (κ1) is 20.2. The summed E-state index contributed by atoms with van der Waals surface area (Å²) in [5, 5.41) is -0.835. The van der Waals surface area contributed by atoms with Gasteiger partial charge in [-0.15, -0.1) is 0 Å². The predicted octanol–water partition coefficient (Wildman–Crippen LogP) is 4.04.